The minimum absolute atomic E-state index is 0.00636. The fourth-order valence-corrected chi connectivity index (χ4v) is 4.43. The van der Waals surface area contributed by atoms with Gasteiger partial charge in [-0.25, -0.2) is 0 Å². The molecule has 8 heteroatoms. The molecule has 0 spiro atoms. The molecular formula is C19H26N4O4. The molecule has 3 amide bonds. The highest BCUT2D eigenvalue weighted by molar-refractivity contribution is 5.91. The summed E-state index contributed by atoms with van der Waals surface area (Å²) in [6.45, 7) is 2.91. The third-order valence-electron chi connectivity index (χ3n) is 5.85. The van der Waals surface area contributed by atoms with E-state index in [1.807, 2.05) is 4.90 Å². The first-order valence-electron chi connectivity index (χ1n) is 9.77. The fourth-order valence-electron chi connectivity index (χ4n) is 4.43. The Morgan fingerprint density at radius 1 is 1.30 bits per heavy atom. The lowest BCUT2D eigenvalue weighted by atomic mass is 10.0. The van der Waals surface area contributed by atoms with Gasteiger partial charge in [0.1, 0.15) is 0 Å². The van der Waals surface area contributed by atoms with Crippen molar-refractivity contribution in [3.8, 4) is 0 Å². The number of hydrogen-bond acceptors (Lipinski definition) is 5. The Morgan fingerprint density at radius 2 is 2.11 bits per heavy atom. The lowest BCUT2D eigenvalue weighted by molar-refractivity contribution is -0.131. The van der Waals surface area contributed by atoms with Gasteiger partial charge in [0, 0.05) is 44.7 Å². The zero-order valence-corrected chi connectivity index (χ0v) is 15.4. The molecule has 2 N–H and O–H groups in total. The molecule has 3 saturated heterocycles. The quantitative estimate of drug-likeness (QED) is 0.776. The van der Waals surface area contributed by atoms with Crippen molar-refractivity contribution < 1.29 is 18.8 Å². The molecule has 0 radical (unpaired) electrons. The Bertz CT molecular complexity index is 699. The van der Waals surface area contributed by atoms with Crippen molar-refractivity contribution in [2.45, 2.75) is 50.2 Å². The number of fused-ring (bicyclic) bond motifs is 1. The van der Waals surface area contributed by atoms with E-state index in [2.05, 4.69) is 15.5 Å². The summed E-state index contributed by atoms with van der Waals surface area (Å²) >= 11 is 0. The number of rotatable bonds is 5. The average molecular weight is 374 g/mol. The van der Waals surface area contributed by atoms with Gasteiger partial charge in [0.25, 0.3) is 5.91 Å². The first-order valence-corrected chi connectivity index (χ1v) is 9.77. The Labute approximate surface area is 158 Å². The van der Waals surface area contributed by atoms with Crippen LogP contribution in [0.4, 0.5) is 0 Å². The molecule has 146 valence electrons. The topological polar surface area (TPSA) is 94.9 Å². The Morgan fingerprint density at radius 3 is 2.85 bits per heavy atom. The maximum absolute atomic E-state index is 12.3. The molecule has 3 aliphatic heterocycles. The van der Waals surface area contributed by atoms with E-state index in [1.54, 1.807) is 12.1 Å². The number of carbonyl (C=O) groups is 3. The summed E-state index contributed by atoms with van der Waals surface area (Å²) in [7, 11) is 0. The van der Waals surface area contributed by atoms with E-state index in [-0.39, 0.29) is 41.6 Å². The first-order chi connectivity index (χ1) is 13.1. The van der Waals surface area contributed by atoms with Crippen LogP contribution < -0.4 is 10.6 Å². The molecular weight excluding hydrogens is 348 g/mol. The molecule has 3 aliphatic rings. The van der Waals surface area contributed by atoms with Crippen molar-refractivity contribution >= 4 is 17.7 Å². The lowest BCUT2D eigenvalue weighted by Gasteiger charge is -2.37. The van der Waals surface area contributed by atoms with Gasteiger partial charge in [-0.1, -0.05) is 0 Å². The van der Waals surface area contributed by atoms with Gasteiger partial charge in [-0.05, 0) is 37.8 Å². The smallest absolute Gasteiger partial charge is 0.287 e. The number of furan rings is 1. The minimum Gasteiger partial charge on any atom is -0.459 e. The molecule has 3 atom stereocenters. The number of hydrogen-bond donors (Lipinski definition) is 2. The van der Waals surface area contributed by atoms with Crippen molar-refractivity contribution in [1.82, 2.24) is 20.4 Å². The summed E-state index contributed by atoms with van der Waals surface area (Å²) in [5.74, 6) is 0.234. The van der Waals surface area contributed by atoms with Crippen LogP contribution in [0.15, 0.2) is 22.8 Å². The van der Waals surface area contributed by atoms with Crippen LogP contribution >= 0.6 is 0 Å². The molecule has 0 bridgehead atoms. The molecule has 0 aromatic carbocycles. The molecule has 0 unspecified atom stereocenters. The van der Waals surface area contributed by atoms with Gasteiger partial charge in [-0.2, -0.15) is 0 Å². The number of likely N-dealkylation sites (tertiary alicyclic amines) is 1. The van der Waals surface area contributed by atoms with Gasteiger partial charge >= 0.3 is 0 Å². The highest BCUT2D eigenvalue weighted by Gasteiger charge is 2.44. The number of amides is 3. The van der Waals surface area contributed by atoms with E-state index in [4.69, 9.17) is 4.42 Å². The van der Waals surface area contributed by atoms with Gasteiger partial charge in [-0.15, -0.1) is 0 Å². The van der Waals surface area contributed by atoms with Crippen molar-refractivity contribution in [2.75, 3.05) is 26.2 Å². The molecule has 4 rings (SSSR count). The summed E-state index contributed by atoms with van der Waals surface area (Å²) in [5.41, 5.74) is 0. The molecule has 27 heavy (non-hydrogen) atoms. The Hall–Kier alpha value is -2.35. The number of nitrogens with one attached hydrogen (secondary N) is 2. The number of carbonyl (C=O) groups excluding carboxylic acids is 3. The SMILES string of the molecule is O=C(N[C@H]1C[C@H]2C(=O)NC[C@@H](CCC(=O)N3CCCC3)N2C1)c1ccco1. The molecule has 8 nitrogen and oxygen atoms in total. The largest absolute Gasteiger partial charge is 0.459 e. The fraction of sp³-hybridized carbons (Fsp3) is 0.632. The lowest BCUT2D eigenvalue weighted by Crippen LogP contribution is -2.58. The van der Waals surface area contributed by atoms with E-state index < -0.39 is 0 Å². The van der Waals surface area contributed by atoms with E-state index in [0.717, 1.165) is 32.4 Å². The highest BCUT2D eigenvalue weighted by Crippen LogP contribution is 2.26. The normalized spacial score (nSPS) is 28.1. The predicted molar refractivity (Wildman–Crippen MR) is 96.9 cm³/mol. The summed E-state index contributed by atoms with van der Waals surface area (Å²) in [6.07, 6.45) is 5.47. The summed E-state index contributed by atoms with van der Waals surface area (Å²) in [4.78, 5) is 40.9. The van der Waals surface area contributed by atoms with Crippen LogP contribution in [0.2, 0.25) is 0 Å². The van der Waals surface area contributed by atoms with E-state index >= 15 is 0 Å². The number of piperazine rings is 1. The van der Waals surface area contributed by atoms with Crippen molar-refractivity contribution in [3.05, 3.63) is 24.2 Å². The average Bonchev–Trinajstić information content (AvgIpc) is 3.40. The van der Waals surface area contributed by atoms with Gasteiger partial charge < -0.3 is 20.0 Å². The Balaban J connectivity index is 1.34. The molecule has 1 aromatic heterocycles. The molecule has 3 fully saturated rings. The maximum Gasteiger partial charge on any atom is 0.287 e. The van der Waals surface area contributed by atoms with Gasteiger partial charge in [0.15, 0.2) is 5.76 Å². The second-order valence-electron chi connectivity index (χ2n) is 7.62. The molecule has 0 aliphatic carbocycles. The summed E-state index contributed by atoms with van der Waals surface area (Å²) in [6, 6.07) is 3.08. The van der Waals surface area contributed by atoms with Gasteiger partial charge in [0.05, 0.1) is 12.3 Å². The second kappa shape index (κ2) is 7.72. The van der Waals surface area contributed by atoms with Crippen LogP contribution in [0, 0.1) is 0 Å². The third kappa shape index (κ3) is 3.85. The molecule has 0 saturated carbocycles. The monoisotopic (exact) mass is 374 g/mol. The van der Waals surface area contributed by atoms with Crippen LogP contribution in [-0.4, -0.2) is 71.8 Å². The van der Waals surface area contributed by atoms with Crippen LogP contribution in [0.5, 0.6) is 0 Å². The van der Waals surface area contributed by atoms with E-state index in [1.165, 1.54) is 6.26 Å². The number of nitrogens with zero attached hydrogens (tertiary/aromatic N) is 2. The molecule has 1 aromatic rings. The van der Waals surface area contributed by atoms with Crippen molar-refractivity contribution in [3.63, 3.8) is 0 Å². The first kappa shape index (κ1) is 18.0. The molecule has 4 heterocycles. The van der Waals surface area contributed by atoms with Gasteiger partial charge in [0.2, 0.25) is 11.8 Å². The van der Waals surface area contributed by atoms with Crippen LogP contribution in [0.1, 0.15) is 42.7 Å². The second-order valence-corrected chi connectivity index (χ2v) is 7.62. The highest BCUT2D eigenvalue weighted by atomic mass is 16.3. The van der Waals surface area contributed by atoms with E-state index in [9.17, 15) is 14.4 Å². The summed E-state index contributed by atoms with van der Waals surface area (Å²) in [5, 5.41) is 5.92. The maximum atomic E-state index is 12.3. The zero-order chi connectivity index (χ0) is 18.8. The third-order valence-corrected chi connectivity index (χ3v) is 5.85. The van der Waals surface area contributed by atoms with Crippen LogP contribution in [0.3, 0.4) is 0 Å². The zero-order valence-electron chi connectivity index (χ0n) is 15.4. The predicted octanol–water partition coefficient (Wildman–Crippen LogP) is 0.353. The summed E-state index contributed by atoms with van der Waals surface area (Å²) < 4.78 is 5.13. The van der Waals surface area contributed by atoms with Gasteiger partial charge in [-0.3, -0.25) is 19.3 Å². The minimum atomic E-state index is -0.258. The van der Waals surface area contributed by atoms with Crippen molar-refractivity contribution in [1.29, 1.82) is 0 Å². The van der Waals surface area contributed by atoms with E-state index in [0.29, 0.717) is 25.9 Å². The van der Waals surface area contributed by atoms with Crippen molar-refractivity contribution in [2.24, 2.45) is 0 Å². The Kier molecular flexibility index (Phi) is 5.15. The van der Waals surface area contributed by atoms with Crippen LogP contribution in [0.25, 0.3) is 0 Å². The standard InChI is InChI=1S/C19H26N4O4/c24-17(22-7-1-2-8-22)6-5-14-11-20-18(25)15-10-13(12-23(14)15)21-19(26)16-4-3-9-27-16/h3-4,9,13-15H,1-2,5-8,10-12H2,(H,20,25)(H,21,26)/t13-,14+,15-/m0/s1. The van der Waals surface area contributed by atoms with Crippen LogP contribution in [-0.2, 0) is 9.59 Å².